The first-order chi connectivity index (χ1) is 12.5. The number of amides is 1. The van der Waals surface area contributed by atoms with Gasteiger partial charge in [-0.15, -0.1) is 0 Å². The third-order valence-corrected chi connectivity index (χ3v) is 4.80. The average molecular weight is 386 g/mol. The van der Waals surface area contributed by atoms with Crippen molar-refractivity contribution >= 4 is 35.0 Å². The molecule has 1 amide bonds. The first kappa shape index (κ1) is 18.2. The molecule has 1 heterocycles. The number of nitrogens with zero attached hydrogens (tertiary/aromatic N) is 1. The fourth-order valence-electron chi connectivity index (χ4n) is 2.25. The first-order valence-electron chi connectivity index (χ1n) is 7.91. The van der Waals surface area contributed by atoms with E-state index in [1.54, 1.807) is 31.2 Å². The number of hydrogen-bond donors (Lipinski definition) is 2. The number of aromatic amines is 1. The quantitative estimate of drug-likeness (QED) is 0.509. The van der Waals surface area contributed by atoms with Crippen molar-refractivity contribution in [1.82, 2.24) is 9.97 Å². The number of halogens is 1. The Morgan fingerprint density at radius 2 is 1.85 bits per heavy atom. The summed E-state index contributed by atoms with van der Waals surface area (Å²) >= 11 is 7.03. The summed E-state index contributed by atoms with van der Waals surface area (Å²) in [5.74, 6) is -0.190. The molecule has 0 bridgehead atoms. The Labute approximate surface area is 159 Å². The van der Waals surface area contributed by atoms with Gasteiger partial charge in [0.25, 0.3) is 5.56 Å². The van der Waals surface area contributed by atoms with E-state index in [0.717, 1.165) is 5.56 Å². The molecule has 0 saturated heterocycles. The van der Waals surface area contributed by atoms with E-state index in [9.17, 15) is 9.59 Å². The third kappa shape index (κ3) is 4.74. The molecular formula is C19H16ClN3O2S. The van der Waals surface area contributed by atoms with Crippen LogP contribution in [0.4, 0.5) is 5.69 Å². The van der Waals surface area contributed by atoms with E-state index in [1.165, 1.54) is 17.8 Å². The van der Waals surface area contributed by atoms with Crippen LogP contribution in [0, 0.1) is 0 Å². The number of nitrogens with one attached hydrogen (secondary N) is 2. The molecule has 0 fully saturated rings. The molecule has 3 aromatic rings. The van der Waals surface area contributed by atoms with Gasteiger partial charge in [-0.2, -0.15) is 0 Å². The first-order valence-corrected chi connectivity index (χ1v) is 9.17. The Morgan fingerprint density at radius 3 is 2.54 bits per heavy atom. The van der Waals surface area contributed by atoms with Crippen molar-refractivity contribution in [2.75, 3.05) is 5.32 Å². The number of rotatable bonds is 5. The second-order valence-electron chi connectivity index (χ2n) is 5.56. The van der Waals surface area contributed by atoms with Crippen LogP contribution < -0.4 is 10.9 Å². The molecule has 3 rings (SSSR count). The molecule has 5 nitrogen and oxygen atoms in total. The van der Waals surface area contributed by atoms with Crippen molar-refractivity contribution in [3.05, 3.63) is 76.0 Å². The maximum Gasteiger partial charge on any atom is 0.252 e. The highest BCUT2D eigenvalue weighted by molar-refractivity contribution is 8.00. The molecule has 0 aliphatic heterocycles. The van der Waals surface area contributed by atoms with Gasteiger partial charge < -0.3 is 10.3 Å². The Kier molecular flexibility index (Phi) is 5.75. The van der Waals surface area contributed by atoms with Crippen LogP contribution in [0.15, 0.2) is 70.6 Å². The SMILES string of the molecule is C[C@@H](Sc1nc(-c2ccccc2)cc(=O)[nH]1)C(=O)Nc1ccc(Cl)cc1. The van der Waals surface area contributed by atoms with Gasteiger partial charge in [0, 0.05) is 22.3 Å². The molecule has 0 unspecified atom stereocenters. The number of benzene rings is 2. The Balaban J connectivity index is 1.73. The van der Waals surface area contributed by atoms with E-state index in [4.69, 9.17) is 11.6 Å². The number of anilines is 1. The van der Waals surface area contributed by atoms with Gasteiger partial charge in [0.2, 0.25) is 5.91 Å². The Bertz CT molecular complexity index is 959. The van der Waals surface area contributed by atoms with Crippen LogP contribution in [0.5, 0.6) is 0 Å². The van der Waals surface area contributed by atoms with Crippen molar-refractivity contribution in [1.29, 1.82) is 0 Å². The molecule has 2 aromatic carbocycles. The highest BCUT2D eigenvalue weighted by Crippen LogP contribution is 2.23. The summed E-state index contributed by atoms with van der Waals surface area (Å²) in [6.45, 7) is 1.76. The lowest BCUT2D eigenvalue weighted by molar-refractivity contribution is -0.115. The monoisotopic (exact) mass is 385 g/mol. The van der Waals surface area contributed by atoms with Gasteiger partial charge in [-0.1, -0.05) is 53.7 Å². The molecule has 2 N–H and O–H groups in total. The van der Waals surface area contributed by atoms with Gasteiger partial charge in [-0.05, 0) is 31.2 Å². The smallest absolute Gasteiger partial charge is 0.252 e. The summed E-state index contributed by atoms with van der Waals surface area (Å²) in [4.78, 5) is 31.4. The van der Waals surface area contributed by atoms with Gasteiger partial charge >= 0.3 is 0 Å². The molecule has 0 aliphatic rings. The highest BCUT2D eigenvalue weighted by Gasteiger charge is 2.16. The number of carbonyl (C=O) groups is 1. The van der Waals surface area contributed by atoms with E-state index in [-0.39, 0.29) is 11.5 Å². The lowest BCUT2D eigenvalue weighted by Crippen LogP contribution is -2.23. The van der Waals surface area contributed by atoms with Gasteiger partial charge in [0.15, 0.2) is 5.16 Å². The maximum absolute atomic E-state index is 12.4. The molecule has 0 saturated carbocycles. The topological polar surface area (TPSA) is 74.8 Å². The van der Waals surface area contributed by atoms with E-state index in [2.05, 4.69) is 15.3 Å². The summed E-state index contributed by atoms with van der Waals surface area (Å²) in [5, 5.41) is 3.37. The van der Waals surface area contributed by atoms with E-state index in [1.807, 2.05) is 30.3 Å². The molecular weight excluding hydrogens is 370 g/mol. The molecule has 0 radical (unpaired) electrons. The fraction of sp³-hybridized carbons (Fsp3) is 0.105. The van der Waals surface area contributed by atoms with Crippen molar-refractivity contribution < 1.29 is 4.79 Å². The minimum Gasteiger partial charge on any atom is -0.325 e. The average Bonchev–Trinajstić information content (AvgIpc) is 2.64. The summed E-state index contributed by atoms with van der Waals surface area (Å²) in [6, 6.07) is 17.7. The molecule has 26 heavy (non-hydrogen) atoms. The number of thioether (sulfide) groups is 1. The zero-order valence-electron chi connectivity index (χ0n) is 13.9. The van der Waals surface area contributed by atoms with E-state index in [0.29, 0.717) is 21.6 Å². The summed E-state index contributed by atoms with van der Waals surface area (Å²) in [6.07, 6.45) is 0. The van der Waals surface area contributed by atoms with Crippen LogP contribution >= 0.6 is 23.4 Å². The van der Waals surface area contributed by atoms with Crippen molar-refractivity contribution in [2.24, 2.45) is 0 Å². The largest absolute Gasteiger partial charge is 0.325 e. The maximum atomic E-state index is 12.4. The van der Waals surface area contributed by atoms with Crippen LogP contribution in [-0.4, -0.2) is 21.1 Å². The molecule has 1 aromatic heterocycles. The minimum absolute atomic E-state index is 0.190. The highest BCUT2D eigenvalue weighted by atomic mass is 35.5. The number of carbonyl (C=O) groups excluding carboxylic acids is 1. The number of aromatic nitrogens is 2. The zero-order chi connectivity index (χ0) is 18.5. The van der Waals surface area contributed by atoms with E-state index < -0.39 is 5.25 Å². The van der Waals surface area contributed by atoms with Crippen molar-refractivity contribution in [3.8, 4) is 11.3 Å². The Hall–Kier alpha value is -2.57. The van der Waals surface area contributed by atoms with Crippen LogP contribution in [0.25, 0.3) is 11.3 Å². The molecule has 0 aliphatic carbocycles. The lowest BCUT2D eigenvalue weighted by Gasteiger charge is -2.12. The predicted molar refractivity (Wildman–Crippen MR) is 106 cm³/mol. The molecule has 0 spiro atoms. The van der Waals surface area contributed by atoms with E-state index >= 15 is 0 Å². The second kappa shape index (κ2) is 8.21. The molecule has 1 atom stereocenters. The number of hydrogen-bond acceptors (Lipinski definition) is 4. The zero-order valence-corrected chi connectivity index (χ0v) is 15.5. The normalized spacial score (nSPS) is 11.8. The second-order valence-corrected chi connectivity index (χ2v) is 7.32. The van der Waals surface area contributed by atoms with Crippen molar-refractivity contribution in [3.63, 3.8) is 0 Å². The summed E-state index contributed by atoms with van der Waals surface area (Å²) in [7, 11) is 0. The van der Waals surface area contributed by atoms with Gasteiger partial charge in [-0.25, -0.2) is 4.98 Å². The molecule has 7 heteroatoms. The van der Waals surface area contributed by atoms with Gasteiger partial charge in [0.1, 0.15) is 0 Å². The third-order valence-electron chi connectivity index (χ3n) is 3.56. The predicted octanol–water partition coefficient (Wildman–Crippen LogP) is 4.21. The van der Waals surface area contributed by atoms with Gasteiger partial charge in [-0.3, -0.25) is 9.59 Å². The van der Waals surface area contributed by atoms with Crippen LogP contribution in [0.1, 0.15) is 6.92 Å². The summed E-state index contributed by atoms with van der Waals surface area (Å²) in [5.41, 5.74) is 1.82. The lowest BCUT2D eigenvalue weighted by atomic mass is 10.1. The molecule has 132 valence electrons. The fourth-order valence-corrected chi connectivity index (χ4v) is 3.18. The number of H-pyrrole nitrogens is 1. The Morgan fingerprint density at radius 1 is 1.15 bits per heavy atom. The minimum atomic E-state index is -0.445. The standard InChI is InChI=1S/C19H16ClN3O2S/c1-12(18(25)21-15-9-7-14(20)8-10-15)26-19-22-16(11-17(24)23-19)13-5-3-2-4-6-13/h2-12H,1H3,(H,21,25)(H,22,23,24)/t12-/m1/s1. The van der Waals surface area contributed by atoms with Crippen LogP contribution in [0.2, 0.25) is 5.02 Å². The summed E-state index contributed by atoms with van der Waals surface area (Å²) < 4.78 is 0. The van der Waals surface area contributed by atoms with Crippen LogP contribution in [-0.2, 0) is 4.79 Å². The van der Waals surface area contributed by atoms with Crippen molar-refractivity contribution in [2.45, 2.75) is 17.3 Å². The van der Waals surface area contributed by atoms with Gasteiger partial charge in [0.05, 0.1) is 10.9 Å². The van der Waals surface area contributed by atoms with Crippen LogP contribution in [0.3, 0.4) is 0 Å².